The molecule has 0 saturated carbocycles. The number of rotatable bonds is 6. The number of esters is 1. The largest absolute Gasteiger partial charge is 0.482 e. The molecule has 0 spiro atoms. The van der Waals surface area contributed by atoms with Gasteiger partial charge in [-0.1, -0.05) is 11.6 Å². The van der Waals surface area contributed by atoms with Crippen LogP contribution in [0.5, 0.6) is 17.2 Å². The summed E-state index contributed by atoms with van der Waals surface area (Å²) < 4.78 is 20.6. The summed E-state index contributed by atoms with van der Waals surface area (Å²) in [6, 6.07) is 9.85. The van der Waals surface area contributed by atoms with Gasteiger partial charge >= 0.3 is 5.97 Å². The van der Waals surface area contributed by atoms with Gasteiger partial charge < -0.3 is 18.9 Å². The van der Waals surface area contributed by atoms with Crippen molar-refractivity contribution in [1.29, 1.82) is 0 Å². The summed E-state index contributed by atoms with van der Waals surface area (Å²) in [5.41, 5.74) is 1.22. The molecule has 0 N–H and O–H groups in total. The van der Waals surface area contributed by atoms with Crippen molar-refractivity contribution < 1.29 is 28.5 Å². The summed E-state index contributed by atoms with van der Waals surface area (Å²) in [7, 11) is 0. The molecule has 0 unspecified atom stereocenters. The summed E-state index contributed by atoms with van der Waals surface area (Å²) in [5, 5.41) is 0.615. The number of Topliss-reactive ketones (excluding diaryl/α,β-unsaturated/α-hetero) is 1. The van der Waals surface area contributed by atoms with Crippen molar-refractivity contribution in [2.75, 3.05) is 20.0 Å². The number of fused-ring (bicyclic) bond motifs is 1. The van der Waals surface area contributed by atoms with E-state index in [0.717, 1.165) is 5.56 Å². The van der Waals surface area contributed by atoms with Crippen LogP contribution in [0.4, 0.5) is 0 Å². The van der Waals surface area contributed by atoms with Gasteiger partial charge in [0.25, 0.3) is 0 Å². The van der Waals surface area contributed by atoms with Crippen molar-refractivity contribution in [2.45, 2.75) is 6.92 Å². The van der Waals surface area contributed by atoms with E-state index in [0.29, 0.717) is 27.8 Å². The highest BCUT2D eigenvalue weighted by atomic mass is 35.5. The van der Waals surface area contributed by atoms with Crippen LogP contribution < -0.4 is 14.2 Å². The number of ether oxygens (including phenoxy) is 4. The molecule has 0 radical (unpaired) electrons. The van der Waals surface area contributed by atoms with E-state index in [1.54, 1.807) is 36.4 Å². The maximum Gasteiger partial charge on any atom is 0.344 e. The third-order valence-corrected chi connectivity index (χ3v) is 3.97. The van der Waals surface area contributed by atoms with E-state index in [9.17, 15) is 9.59 Å². The monoisotopic (exact) mass is 362 g/mol. The molecule has 0 aromatic heterocycles. The lowest BCUT2D eigenvalue weighted by Gasteiger charge is -2.08. The van der Waals surface area contributed by atoms with Crippen molar-refractivity contribution in [3.05, 3.63) is 52.5 Å². The van der Waals surface area contributed by atoms with Crippen LogP contribution in [0.2, 0.25) is 5.02 Å². The molecule has 6 nitrogen and oxygen atoms in total. The zero-order valence-electron chi connectivity index (χ0n) is 13.4. The Kier molecular flexibility index (Phi) is 5.09. The first kappa shape index (κ1) is 17.1. The summed E-state index contributed by atoms with van der Waals surface area (Å²) in [4.78, 5) is 23.8. The fraction of sp³-hybridized carbons (Fsp3) is 0.222. The number of ketones is 1. The number of aryl methyl sites for hydroxylation is 1. The van der Waals surface area contributed by atoms with E-state index in [4.69, 9.17) is 30.5 Å². The van der Waals surface area contributed by atoms with E-state index in [2.05, 4.69) is 0 Å². The minimum atomic E-state index is -0.637. The van der Waals surface area contributed by atoms with Gasteiger partial charge in [0.05, 0.1) is 0 Å². The van der Waals surface area contributed by atoms with Crippen LogP contribution in [0.25, 0.3) is 0 Å². The standard InChI is InChI=1S/C18H15ClO6/c1-11-6-13(3-4-14(11)19)22-9-18(21)23-8-15(20)12-2-5-16-17(7-12)25-10-24-16/h2-7H,8-10H2,1H3. The van der Waals surface area contributed by atoms with Crippen LogP contribution in [0.3, 0.4) is 0 Å². The minimum Gasteiger partial charge on any atom is -0.482 e. The Morgan fingerprint density at radius 1 is 1.08 bits per heavy atom. The van der Waals surface area contributed by atoms with E-state index >= 15 is 0 Å². The lowest BCUT2D eigenvalue weighted by atomic mass is 10.1. The molecule has 3 rings (SSSR count). The molecule has 7 heteroatoms. The molecular formula is C18H15ClO6. The highest BCUT2D eigenvalue weighted by Gasteiger charge is 2.17. The third kappa shape index (κ3) is 4.22. The van der Waals surface area contributed by atoms with E-state index < -0.39 is 5.97 Å². The normalized spacial score (nSPS) is 11.9. The minimum absolute atomic E-state index is 0.128. The summed E-state index contributed by atoms with van der Waals surface area (Å²) >= 11 is 5.92. The first-order valence-corrected chi connectivity index (χ1v) is 7.88. The lowest BCUT2D eigenvalue weighted by molar-refractivity contribution is -0.144. The Bertz CT molecular complexity index is 817. The second kappa shape index (κ2) is 7.44. The van der Waals surface area contributed by atoms with E-state index in [-0.39, 0.29) is 25.8 Å². The molecule has 0 saturated heterocycles. The van der Waals surface area contributed by atoms with Crippen LogP contribution in [-0.2, 0) is 9.53 Å². The number of carbonyl (C=O) groups excluding carboxylic acids is 2. The van der Waals surface area contributed by atoms with Gasteiger partial charge in [0.1, 0.15) is 5.75 Å². The molecule has 0 bridgehead atoms. The quantitative estimate of drug-likeness (QED) is 0.580. The second-order valence-electron chi connectivity index (χ2n) is 5.35. The highest BCUT2D eigenvalue weighted by Crippen LogP contribution is 2.32. The third-order valence-electron chi connectivity index (χ3n) is 3.54. The number of benzene rings is 2. The molecule has 2 aromatic rings. The maximum atomic E-state index is 12.1. The van der Waals surface area contributed by atoms with Crippen molar-refractivity contribution in [3.63, 3.8) is 0 Å². The SMILES string of the molecule is Cc1cc(OCC(=O)OCC(=O)c2ccc3c(c2)OCO3)ccc1Cl. The van der Waals surface area contributed by atoms with Gasteiger partial charge in [0.2, 0.25) is 6.79 Å². The molecule has 0 atom stereocenters. The van der Waals surface area contributed by atoms with Crippen LogP contribution in [0, 0.1) is 6.92 Å². The predicted octanol–water partition coefficient (Wildman–Crippen LogP) is 3.18. The van der Waals surface area contributed by atoms with Gasteiger partial charge in [-0.2, -0.15) is 0 Å². The van der Waals surface area contributed by atoms with Crippen molar-refractivity contribution in [1.82, 2.24) is 0 Å². The Balaban J connectivity index is 1.48. The highest BCUT2D eigenvalue weighted by molar-refractivity contribution is 6.31. The maximum absolute atomic E-state index is 12.1. The van der Waals surface area contributed by atoms with Crippen molar-refractivity contribution >= 4 is 23.4 Å². The predicted molar refractivity (Wildman–Crippen MR) is 89.5 cm³/mol. The Hall–Kier alpha value is -2.73. The lowest BCUT2D eigenvalue weighted by Crippen LogP contribution is -2.19. The van der Waals surface area contributed by atoms with Gasteiger partial charge in [0, 0.05) is 10.6 Å². The number of hydrogen-bond donors (Lipinski definition) is 0. The van der Waals surface area contributed by atoms with Crippen molar-refractivity contribution in [3.8, 4) is 17.2 Å². The number of halogens is 1. The molecule has 1 aliphatic rings. The van der Waals surface area contributed by atoms with Crippen molar-refractivity contribution in [2.24, 2.45) is 0 Å². The topological polar surface area (TPSA) is 71.1 Å². The zero-order valence-corrected chi connectivity index (χ0v) is 14.2. The molecular weight excluding hydrogens is 348 g/mol. The Morgan fingerprint density at radius 2 is 1.88 bits per heavy atom. The Morgan fingerprint density at radius 3 is 2.68 bits per heavy atom. The van der Waals surface area contributed by atoms with Gasteiger partial charge in [-0.3, -0.25) is 4.79 Å². The fourth-order valence-electron chi connectivity index (χ4n) is 2.19. The summed E-state index contributed by atoms with van der Waals surface area (Å²) in [5.74, 6) is 0.607. The average Bonchev–Trinajstić information content (AvgIpc) is 3.08. The molecule has 0 aliphatic carbocycles. The fourth-order valence-corrected chi connectivity index (χ4v) is 2.31. The molecule has 1 aliphatic heterocycles. The average molecular weight is 363 g/mol. The van der Waals surface area contributed by atoms with Gasteiger partial charge in [-0.05, 0) is 48.9 Å². The summed E-state index contributed by atoms with van der Waals surface area (Å²) in [6.07, 6.45) is 0. The number of carbonyl (C=O) groups is 2. The molecule has 0 amide bonds. The molecule has 0 fully saturated rings. The van der Waals surface area contributed by atoms with E-state index in [1.807, 2.05) is 6.92 Å². The summed E-state index contributed by atoms with van der Waals surface area (Å²) in [6.45, 7) is 1.29. The Labute approximate surface area is 149 Å². The molecule has 130 valence electrons. The molecule has 2 aromatic carbocycles. The second-order valence-corrected chi connectivity index (χ2v) is 5.76. The van der Waals surface area contributed by atoms with Crippen LogP contribution >= 0.6 is 11.6 Å². The van der Waals surface area contributed by atoms with Crippen LogP contribution in [0.1, 0.15) is 15.9 Å². The van der Waals surface area contributed by atoms with Crippen LogP contribution in [0.15, 0.2) is 36.4 Å². The first-order valence-electron chi connectivity index (χ1n) is 7.50. The van der Waals surface area contributed by atoms with Gasteiger partial charge in [-0.25, -0.2) is 4.79 Å². The number of hydrogen-bond acceptors (Lipinski definition) is 6. The molecule has 25 heavy (non-hydrogen) atoms. The van der Waals surface area contributed by atoms with Gasteiger partial charge in [0.15, 0.2) is 30.5 Å². The zero-order chi connectivity index (χ0) is 17.8. The van der Waals surface area contributed by atoms with Crippen LogP contribution in [-0.4, -0.2) is 31.8 Å². The smallest absolute Gasteiger partial charge is 0.344 e. The first-order chi connectivity index (χ1) is 12.0. The van der Waals surface area contributed by atoms with E-state index in [1.165, 1.54) is 0 Å². The molecule has 1 heterocycles. The van der Waals surface area contributed by atoms with Gasteiger partial charge in [-0.15, -0.1) is 0 Å².